The highest BCUT2D eigenvalue weighted by Gasteiger charge is 2.18. The van der Waals surface area contributed by atoms with E-state index >= 15 is 0 Å². The quantitative estimate of drug-likeness (QED) is 0.720. The number of likely N-dealkylation sites (tertiary alicyclic amines) is 1. The number of halogens is 1. The monoisotopic (exact) mass is 323 g/mol. The summed E-state index contributed by atoms with van der Waals surface area (Å²) in [5.41, 5.74) is 0.0786. The van der Waals surface area contributed by atoms with Crippen LogP contribution in [0, 0.1) is 11.7 Å². The van der Waals surface area contributed by atoms with Crippen molar-refractivity contribution in [2.75, 3.05) is 33.9 Å². The van der Waals surface area contributed by atoms with Crippen molar-refractivity contribution in [2.45, 2.75) is 32.6 Å². The first-order valence-corrected chi connectivity index (χ1v) is 8.22. The maximum atomic E-state index is 14.1. The molecule has 0 atom stereocenters. The van der Waals surface area contributed by atoms with Crippen LogP contribution in [0.15, 0.2) is 12.1 Å². The standard InChI is InChI=1S/C18H26FNO3/c1-13-6-9-20(10-7-13)8-4-5-16(21)14-11-17(22-2)18(23-3)12-15(14)19/h11-13H,4-10H2,1-3H3. The van der Waals surface area contributed by atoms with Gasteiger partial charge in [0.15, 0.2) is 17.3 Å². The van der Waals surface area contributed by atoms with Gasteiger partial charge in [-0.25, -0.2) is 4.39 Å². The molecule has 0 saturated carbocycles. The number of carbonyl (C=O) groups is 1. The number of methoxy groups -OCH3 is 2. The average molecular weight is 323 g/mol. The zero-order valence-corrected chi connectivity index (χ0v) is 14.2. The molecule has 1 aromatic rings. The van der Waals surface area contributed by atoms with Crippen LogP contribution in [-0.2, 0) is 0 Å². The first kappa shape index (κ1) is 17.7. The molecule has 1 saturated heterocycles. The van der Waals surface area contributed by atoms with Crippen molar-refractivity contribution in [2.24, 2.45) is 5.92 Å². The number of carbonyl (C=O) groups excluding carboxylic acids is 1. The van der Waals surface area contributed by atoms with E-state index < -0.39 is 5.82 Å². The fraction of sp³-hybridized carbons (Fsp3) is 0.611. The van der Waals surface area contributed by atoms with Crippen molar-refractivity contribution in [3.05, 3.63) is 23.5 Å². The summed E-state index contributed by atoms with van der Waals surface area (Å²) < 4.78 is 24.2. The Kier molecular flexibility index (Phi) is 6.39. The molecular weight excluding hydrogens is 297 g/mol. The van der Waals surface area contributed by atoms with E-state index in [9.17, 15) is 9.18 Å². The van der Waals surface area contributed by atoms with Crippen molar-refractivity contribution in [1.82, 2.24) is 4.90 Å². The third kappa shape index (κ3) is 4.67. The van der Waals surface area contributed by atoms with Gasteiger partial charge in [-0.2, -0.15) is 0 Å². The second-order valence-corrected chi connectivity index (χ2v) is 6.24. The fourth-order valence-corrected chi connectivity index (χ4v) is 2.95. The number of hydrogen-bond acceptors (Lipinski definition) is 4. The van der Waals surface area contributed by atoms with Crippen LogP contribution in [0.2, 0.25) is 0 Å². The number of hydrogen-bond donors (Lipinski definition) is 0. The van der Waals surface area contributed by atoms with E-state index in [1.165, 1.54) is 39.2 Å². The molecule has 0 spiro atoms. The zero-order valence-electron chi connectivity index (χ0n) is 14.2. The molecule has 23 heavy (non-hydrogen) atoms. The summed E-state index contributed by atoms with van der Waals surface area (Å²) in [4.78, 5) is 14.7. The van der Waals surface area contributed by atoms with Crippen LogP contribution in [0.3, 0.4) is 0 Å². The van der Waals surface area contributed by atoms with E-state index in [2.05, 4.69) is 11.8 Å². The molecule has 5 heteroatoms. The van der Waals surface area contributed by atoms with E-state index in [4.69, 9.17) is 9.47 Å². The van der Waals surface area contributed by atoms with Crippen LogP contribution < -0.4 is 9.47 Å². The lowest BCUT2D eigenvalue weighted by molar-refractivity contribution is 0.0966. The van der Waals surface area contributed by atoms with Gasteiger partial charge in [0.05, 0.1) is 19.8 Å². The number of piperidine rings is 1. The molecule has 4 nitrogen and oxygen atoms in total. The van der Waals surface area contributed by atoms with Crippen LogP contribution in [-0.4, -0.2) is 44.5 Å². The third-order valence-corrected chi connectivity index (χ3v) is 4.53. The van der Waals surface area contributed by atoms with Crippen LogP contribution in [0.4, 0.5) is 4.39 Å². The number of rotatable bonds is 7. The molecule has 0 bridgehead atoms. The topological polar surface area (TPSA) is 38.8 Å². The summed E-state index contributed by atoms with van der Waals surface area (Å²) in [6.45, 7) is 5.37. The van der Waals surface area contributed by atoms with Gasteiger partial charge in [0.2, 0.25) is 0 Å². The van der Waals surface area contributed by atoms with Gasteiger partial charge >= 0.3 is 0 Å². The zero-order chi connectivity index (χ0) is 16.8. The normalized spacial score (nSPS) is 16.3. The Morgan fingerprint density at radius 1 is 1.22 bits per heavy atom. The van der Waals surface area contributed by atoms with Crippen LogP contribution in [0.5, 0.6) is 11.5 Å². The summed E-state index contributed by atoms with van der Waals surface area (Å²) >= 11 is 0. The van der Waals surface area contributed by atoms with E-state index in [0.717, 1.165) is 32.0 Å². The smallest absolute Gasteiger partial charge is 0.166 e. The van der Waals surface area contributed by atoms with Crippen molar-refractivity contribution >= 4 is 5.78 Å². The van der Waals surface area contributed by atoms with E-state index in [0.29, 0.717) is 17.9 Å². The van der Waals surface area contributed by atoms with Gasteiger partial charge in [-0.1, -0.05) is 6.92 Å². The second kappa shape index (κ2) is 8.29. The maximum absolute atomic E-state index is 14.1. The molecule has 0 radical (unpaired) electrons. The lowest BCUT2D eigenvalue weighted by atomic mass is 9.99. The molecule has 0 unspecified atom stereocenters. The Hall–Kier alpha value is -1.62. The summed E-state index contributed by atoms with van der Waals surface area (Å²) in [5, 5.41) is 0. The predicted molar refractivity (Wildman–Crippen MR) is 87.9 cm³/mol. The van der Waals surface area contributed by atoms with Crippen molar-refractivity contribution < 1.29 is 18.7 Å². The summed E-state index contributed by atoms with van der Waals surface area (Å²) in [6, 6.07) is 2.64. The Morgan fingerprint density at radius 3 is 2.43 bits per heavy atom. The molecule has 0 amide bonds. The van der Waals surface area contributed by atoms with Gasteiger partial charge in [-0.05, 0) is 50.9 Å². The highest BCUT2D eigenvalue weighted by atomic mass is 19.1. The van der Waals surface area contributed by atoms with Gasteiger partial charge in [0.25, 0.3) is 0 Å². The highest BCUT2D eigenvalue weighted by molar-refractivity contribution is 5.97. The lowest BCUT2D eigenvalue weighted by Crippen LogP contribution is -2.33. The van der Waals surface area contributed by atoms with E-state index in [1.807, 2.05) is 0 Å². The first-order chi connectivity index (χ1) is 11.0. The van der Waals surface area contributed by atoms with Gasteiger partial charge in [0, 0.05) is 12.5 Å². The maximum Gasteiger partial charge on any atom is 0.166 e. The number of nitrogens with zero attached hydrogens (tertiary/aromatic N) is 1. The van der Waals surface area contributed by atoms with Crippen LogP contribution >= 0.6 is 0 Å². The number of ether oxygens (including phenoxy) is 2. The number of ketones is 1. The largest absolute Gasteiger partial charge is 0.493 e. The van der Waals surface area contributed by atoms with Gasteiger partial charge in [-0.15, -0.1) is 0 Å². The molecule has 128 valence electrons. The minimum atomic E-state index is -0.556. The average Bonchev–Trinajstić information content (AvgIpc) is 2.56. The third-order valence-electron chi connectivity index (χ3n) is 4.53. The van der Waals surface area contributed by atoms with E-state index in [-0.39, 0.29) is 11.3 Å². The Bertz CT molecular complexity index is 539. The molecule has 1 aliphatic heterocycles. The molecule has 1 heterocycles. The molecule has 1 fully saturated rings. The molecule has 1 aromatic carbocycles. The van der Waals surface area contributed by atoms with Gasteiger partial charge in [0.1, 0.15) is 5.82 Å². The van der Waals surface area contributed by atoms with Crippen molar-refractivity contribution in [3.8, 4) is 11.5 Å². The Morgan fingerprint density at radius 2 is 1.83 bits per heavy atom. The predicted octanol–water partition coefficient (Wildman–Crippen LogP) is 3.54. The van der Waals surface area contributed by atoms with Crippen LogP contribution in [0.25, 0.3) is 0 Å². The molecule has 2 rings (SSSR count). The Balaban J connectivity index is 1.90. The summed E-state index contributed by atoms with van der Waals surface area (Å²) in [7, 11) is 2.92. The lowest BCUT2D eigenvalue weighted by Gasteiger charge is -2.30. The number of benzene rings is 1. The summed E-state index contributed by atoms with van der Waals surface area (Å²) in [6.07, 6.45) is 3.54. The SMILES string of the molecule is COc1cc(F)c(C(=O)CCCN2CCC(C)CC2)cc1OC. The molecule has 1 aliphatic rings. The minimum Gasteiger partial charge on any atom is -0.493 e. The minimum absolute atomic E-state index is 0.0786. The van der Waals surface area contributed by atoms with Crippen molar-refractivity contribution in [3.63, 3.8) is 0 Å². The number of Topliss-reactive ketones (excluding diaryl/α,β-unsaturated/α-hetero) is 1. The summed E-state index contributed by atoms with van der Waals surface area (Å²) in [5.74, 6) is 0.730. The van der Waals surface area contributed by atoms with E-state index in [1.54, 1.807) is 0 Å². The second-order valence-electron chi connectivity index (χ2n) is 6.24. The van der Waals surface area contributed by atoms with Crippen molar-refractivity contribution in [1.29, 1.82) is 0 Å². The molecular formula is C18H26FNO3. The molecule has 0 aliphatic carbocycles. The first-order valence-electron chi connectivity index (χ1n) is 8.22. The fourth-order valence-electron chi connectivity index (χ4n) is 2.95. The highest BCUT2D eigenvalue weighted by Crippen LogP contribution is 2.30. The van der Waals surface area contributed by atoms with Crippen LogP contribution in [0.1, 0.15) is 43.0 Å². The Labute approximate surface area is 137 Å². The van der Waals surface area contributed by atoms with Gasteiger partial charge < -0.3 is 14.4 Å². The van der Waals surface area contributed by atoms with Gasteiger partial charge in [-0.3, -0.25) is 4.79 Å². The molecule has 0 N–H and O–H groups in total. The molecule has 0 aromatic heterocycles.